The molecular formula is C20H38IN7O2. The maximum absolute atomic E-state index is 12.3. The number of ether oxygens (including phenoxy) is 1. The molecule has 172 valence electrons. The van der Waals surface area contributed by atoms with E-state index in [-0.39, 0.29) is 30.1 Å². The lowest BCUT2D eigenvalue weighted by atomic mass is 9.98. The number of hydrogen-bond donors (Lipinski definition) is 2. The summed E-state index contributed by atoms with van der Waals surface area (Å²) in [6.45, 7) is 14.3. The first-order valence-electron chi connectivity index (χ1n) is 10.7. The number of likely N-dealkylation sites (tertiary alicyclic amines) is 1. The first-order chi connectivity index (χ1) is 13.8. The quantitative estimate of drug-likeness (QED) is 0.317. The highest BCUT2D eigenvalue weighted by Gasteiger charge is 2.27. The van der Waals surface area contributed by atoms with Crippen molar-refractivity contribution in [2.24, 2.45) is 10.9 Å². The van der Waals surface area contributed by atoms with Crippen LogP contribution in [0.5, 0.6) is 0 Å². The lowest BCUT2D eigenvalue weighted by Gasteiger charge is -2.33. The summed E-state index contributed by atoms with van der Waals surface area (Å²) in [6.07, 6.45) is 4.46. The number of halogens is 1. The second kappa shape index (κ2) is 13.0. The number of guanidine groups is 1. The van der Waals surface area contributed by atoms with E-state index in [1.807, 2.05) is 25.7 Å². The van der Waals surface area contributed by atoms with Gasteiger partial charge in [0.25, 0.3) is 0 Å². The molecule has 2 heterocycles. The number of piperidine rings is 1. The van der Waals surface area contributed by atoms with Gasteiger partial charge in [-0.1, -0.05) is 6.92 Å². The Kier molecular flexibility index (Phi) is 11.4. The zero-order valence-electron chi connectivity index (χ0n) is 19.0. The second-order valence-electron chi connectivity index (χ2n) is 8.38. The Morgan fingerprint density at radius 3 is 2.77 bits per heavy atom. The molecule has 2 N–H and O–H groups in total. The van der Waals surface area contributed by atoms with Gasteiger partial charge in [-0.3, -0.25) is 4.99 Å². The van der Waals surface area contributed by atoms with Crippen molar-refractivity contribution in [2.75, 3.05) is 32.7 Å². The molecule has 9 nitrogen and oxygen atoms in total. The molecule has 1 aromatic rings. The number of carbonyl (C=O) groups excluding carboxylic acids is 1. The third-order valence-electron chi connectivity index (χ3n) is 4.68. The maximum atomic E-state index is 12.3. The van der Waals surface area contributed by atoms with Crippen molar-refractivity contribution in [1.29, 1.82) is 0 Å². The van der Waals surface area contributed by atoms with E-state index < -0.39 is 5.60 Å². The normalized spacial score (nSPS) is 17.3. The zero-order chi connectivity index (χ0) is 21.3. The molecule has 1 fully saturated rings. The van der Waals surface area contributed by atoms with Crippen LogP contribution in [0.4, 0.5) is 4.79 Å². The molecule has 1 aromatic heterocycles. The topological polar surface area (TPSA) is 96.7 Å². The monoisotopic (exact) mass is 535 g/mol. The number of aromatic nitrogens is 3. The van der Waals surface area contributed by atoms with Gasteiger partial charge in [0.15, 0.2) is 5.96 Å². The summed E-state index contributed by atoms with van der Waals surface area (Å²) in [6, 6.07) is 0. The Balaban J connectivity index is 0.00000450. The Morgan fingerprint density at radius 1 is 1.33 bits per heavy atom. The van der Waals surface area contributed by atoms with E-state index in [1.54, 1.807) is 6.33 Å². The van der Waals surface area contributed by atoms with Crippen LogP contribution in [0.1, 0.15) is 53.3 Å². The summed E-state index contributed by atoms with van der Waals surface area (Å²) in [5.74, 6) is 2.13. The SMILES string of the molecule is CCNC(=NCC1CCCN(C(=O)OC(C)(C)C)C1)NCCn1cnnc1CC.I. The van der Waals surface area contributed by atoms with Crippen molar-refractivity contribution in [3.05, 3.63) is 12.2 Å². The summed E-state index contributed by atoms with van der Waals surface area (Å²) in [4.78, 5) is 18.9. The van der Waals surface area contributed by atoms with Crippen LogP contribution in [-0.4, -0.2) is 70.0 Å². The van der Waals surface area contributed by atoms with Crippen molar-refractivity contribution >= 4 is 36.0 Å². The van der Waals surface area contributed by atoms with Gasteiger partial charge in [-0.25, -0.2) is 4.79 Å². The molecule has 1 unspecified atom stereocenters. The van der Waals surface area contributed by atoms with Crippen LogP contribution in [0, 0.1) is 5.92 Å². The lowest BCUT2D eigenvalue weighted by molar-refractivity contribution is 0.0170. The summed E-state index contributed by atoms with van der Waals surface area (Å²) < 4.78 is 7.56. The Bertz CT molecular complexity index is 672. The number of rotatable bonds is 7. The van der Waals surface area contributed by atoms with E-state index in [0.29, 0.717) is 19.0 Å². The van der Waals surface area contributed by atoms with Gasteiger partial charge in [-0.2, -0.15) is 0 Å². The molecule has 1 aliphatic heterocycles. The molecular weight excluding hydrogens is 497 g/mol. The third-order valence-corrected chi connectivity index (χ3v) is 4.68. The fourth-order valence-electron chi connectivity index (χ4n) is 3.30. The second-order valence-corrected chi connectivity index (χ2v) is 8.38. The number of aliphatic imine (C=N–C) groups is 1. The van der Waals surface area contributed by atoms with E-state index in [9.17, 15) is 4.79 Å². The van der Waals surface area contributed by atoms with Crippen LogP contribution in [0.25, 0.3) is 0 Å². The van der Waals surface area contributed by atoms with E-state index in [2.05, 4.69) is 39.2 Å². The smallest absolute Gasteiger partial charge is 0.410 e. The van der Waals surface area contributed by atoms with E-state index in [0.717, 1.165) is 57.2 Å². The molecule has 0 bridgehead atoms. The molecule has 0 radical (unpaired) electrons. The number of aryl methyl sites for hydroxylation is 1. The van der Waals surface area contributed by atoms with Crippen LogP contribution in [0.15, 0.2) is 11.3 Å². The molecule has 1 atom stereocenters. The molecule has 1 aliphatic rings. The van der Waals surface area contributed by atoms with E-state index >= 15 is 0 Å². The van der Waals surface area contributed by atoms with Crippen LogP contribution in [0.3, 0.4) is 0 Å². The average molecular weight is 535 g/mol. The molecule has 2 rings (SSSR count). The Morgan fingerprint density at radius 2 is 2.10 bits per heavy atom. The molecule has 0 aliphatic carbocycles. The zero-order valence-corrected chi connectivity index (χ0v) is 21.3. The Labute approximate surface area is 197 Å². The van der Waals surface area contributed by atoms with Crippen molar-refractivity contribution in [3.63, 3.8) is 0 Å². The summed E-state index contributed by atoms with van der Waals surface area (Å²) in [7, 11) is 0. The molecule has 0 spiro atoms. The van der Waals surface area contributed by atoms with Crippen molar-refractivity contribution in [3.8, 4) is 0 Å². The minimum absolute atomic E-state index is 0. The third kappa shape index (κ3) is 9.05. The van der Waals surface area contributed by atoms with Crippen LogP contribution in [0.2, 0.25) is 0 Å². The minimum atomic E-state index is -0.466. The van der Waals surface area contributed by atoms with Crippen LogP contribution < -0.4 is 10.6 Å². The number of nitrogens with one attached hydrogen (secondary N) is 2. The van der Waals surface area contributed by atoms with Gasteiger partial charge < -0.3 is 24.8 Å². The number of nitrogens with zero attached hydrogens (tertiary/aromatic N) is 5. The highest BCUT2D eigenvalue weighted by atomic mass is 127. The Hall–Kier alpha value is -1.59. The van der Waals surface area contributed by atoms with Crippen molar-refractivity contribution in [1.82, 2.24) is 30.3 Å². The highest BCUT2D eigenvalue weighted by Crippen LogP contribution is 2.19. The molecule has 1 amide bonds. The first kappa shape index (κ1) is 26.4. The number of amides is 1. The number of hydrogen-bond acceptors (Lipinski definition) is 5. The van der Waals surface area contributed by atoms with Gasteiger partial charge in [0, 0.05) is 45.7 Å². The van der Waals surface area contributed by atoms with Gasteiger partial charge in [-0.15, -0.1) is 34.2 Å². The predicted molar refractivity (Wildman–Crippen MR) is 129 cm³/mol. The number of carbonyl (C=O) groups is 1. The summed E-state index contributed by atoms with van der Waals surface area (Å²) in [5, 5.41) is 14.7. The van der Waals surface area contributed by atoms with Gasteiger partial charge in [-0.05, 0) is 46.5 Å². The van der Waals surface area contributed by atoms with Crippen molar-refractivity contribution < 1.29 is 9.53 Å². The molecule has 10 heteroatoms. The highest BCUT2D eigenvalue weighted by molar-refractivity contribution is 14.0. The standard InChI is InChI=1S/C20H37N7O2.HI/c1-6-17-25-24-15-27(17)12-10-22-18(21-7-2)23-13-16-9-8-11-26(14-16)19(28)29-20(3,4)5;/h15-16H,6-14H2,1-5H3,(H2,21,22,23);1H. The summed E-state index contributed by atoms with van der Waals surface area (Å²) in [5.41, 5.74) is -0.466. The molecule has 1 saturated heterocycles. The van der Waals surface area contributed by atoms with Gasteiger partial charge in [0.05, 0.1) is 0 Å². The molecule has 0 aromatic carbocycles. The van der Waals surface area contributed by atoms with E-state index in [4.69, 9.17) is 9.73 Å². The van der Waals surface area contributed by atoms with Gasteiger partial charge in [0.2, 0.25) is 0 Å². The molecule has 30 heavy (non-hydrogen) atoms. The van der Waals surface area contributed by atoms with Crippen LogP contribution in [-0.2, 0) is 17.7 Å². The fourth-order valence-corrected chi connectivity index (χ4v) is 3.30. The van der Waals surface area contributed by atoms with Gasteiger partial charge >= 0.3 is 6.09 Å². The molecule has 0 saturated carbocycles. The first-order valence-corrected chi connectivity index (χ1v) is 10.7. The average Bonchev–Trinajstić information content (AvgIpc) is 3.12. The maximum Gasteiger partial charge on any atom is 0.410 e. The summed E-state index contributed by atoms with van der Waals surface area (Å²) >= 11 is 0. The van der Waals surface area contributed by atoms with Crippen LogP contribution >= 0.6 is 24.0 Å². The van der Waals surface area contributed by atoms with Gasteiger partial charge in [0.1, 0.15) is 17.8 Å². The minimum Gasteiger partial charge on any atom is -0.444 e. The predicted octanol–water partition coefficient (Wildman–Crippen LogP) is 2.66. The van der Waals surface area contributed by atoms with E-state index in [1.165, 1.54) is 0 Å². The lowest BCUT2D eigenvalue weighted by Crippen LogP contribution is -2.44. The van der Waals surface area contributed by atoms with Crippen molar-refractivity contribution in [2.45, 2.75) is 66.0 Å². The fraction of sp³-hybridized carbons (Fsp3) is 0.800. The largest absolute Gasteiger partial charge is 0.444 e.